The number of aromatic nitrogens is 1. The first-order valence-electron chi connectivity index (χ1n) is 8.87. The Bertz CT molecular complexity index is 1290. The normalized spacial score (nSPS) is 12.7. The second-order valence-electron chi connectivity index (χ2n) is 6.34. The zero-order valence-corrected chi connectivity index (χ0v) is 15.8. The lowest BCUT2D eigenvalue weighted by Gasteiger charge is -2.18. The number of carbonyl (C=O) groups excluding carboxylic acids is 1. The molecule has 1 amide bonds. The molecule has 0 bridgehead atoms. The fraction of sp³-hybridized carbons (Fsp3) is 0.0952. The van der Waals surface area contributed by atoms with Crippen LogP contribution in [-0.2, 0) is 0 Å². The largest absolute Gasteiger partial charge is 0.486 e. The van der Waals surface area contributed by atoms with E-state index in [0.717, 1.165) is 5.39 Å². The molecule has 1 aliphatic rings. The van der Waals surface area contributed by atoms with Crippen LogP contribution in [0.1, 0.15) is 10.4 Å². The van der Waals surface area contributed by atoms with Crippen molar-refractivity contribution in [2.45, 2.75) is 0 Å². The van der Waals surface area contributed by atoms with E-state index in [1.165, 1.54) is 11.3 Å². The molecule has 8 heteroatoms. The van der Waals surface area contributed by atoms with Crippen molar-refractivity contribution in [3.8, 4) is 22.8 Å². The van der Waals surface area contributed by atoms with Gasteiger partial charge in [-0.2, -0.15) is 0 Å². The van der Waals surface area contributed by atoms with Gasteiger partial charge in [-0.25, -0.2) is 9.78 Å². The molecule has 144 valence electrons. The molecule has 7 nitrogen and oxygen atoms in total. The number of carbonyl (C=O) groups is 1. The Morgan fingerprint density at radius 3 is 2.76 bits per heavy atom. The van der Waals surface area contributed by atoms with E-state index in [0.29, 0.717) is 52.2 Å². The van der Waals surface area contributed by atoms with Crippen LogP contribution in [0, 0.1) is 0 Å². The van der Waals surface area contributed by atoms with E-state index in [1.54, 1.807) is 41.8 Å². The van der Waals surface area contributed by atoms with Crippen molar-refractivity contribution in [1.29, 1.82) is 0 Å². The number of nitrogens with one attached hydrogen (secondary N) is 1. The molecule has 0 aliphatic carbocycles. The van der Waals surface area contributed by atoms with Crippen molar-refractivity contribution in [3.05, 3.63) is 69.9 Å². The molecule has 0 saturated heterocycles. The van der Waals surface area contributed by atoms with Crippen LogP contribution in [0.25, 0.3) is 22.2 Å². The van der Waals surface area contributed by atoms with Gasteiger partial charge >= 0.3 is 5.63 Å². The predicted octanol–water partition coefficient (Wildman–Crippen LogP) is 3.94. The monoisotopic (exact) mass is 406 g/mol. The maximum atomic E-state index is 12.6. The first-order chi connectivity index (χ1) is 14.2. The van der Waals surface area contributed by atoms with E-state index in [4.69, 9.17) is 13.9 Å². The van der Waals surface area contributed by atoms with Crippen LogP contribution in [0.3, 0.4) is 0 Å². The second-order valence-corrected chi connectivity index (χ2v) is 7.19. The molecule has 2 aromatic carbocycles. The summed E-state index contributed by atoms with van der Waals surface area (Å²) in [7, 11) is 0. The van der Waals surface area contributed by atoms with Gasteiger partial charge in [-0.05, 0) is 30.3 Å². The average molecular weight is 406 g/mol. The van der Waals surface area contributed by atoms with Crippen LogP contribution in [0.2, 0.25) is 0 Å². The summed E-state index contributed by atoms with van der Waals surface area (Å²) in [4.78, 5) is 29.2. The zero-order chi connectivity index (χ0) is 19.8. The van der Waals surface area contributed by atoms with Gasteiger partial charge in [0.25, 0.3) is 5.91 Å². The van der Waals surface area contributed by atoms with Crippen molar-refractivity contribution in [1.82, 2.24) is 4.98 Å². The first kappa shape index (κ1) is 17.4. The van der Waals surface area contributed by atoms with Gasteiger partial charge in [0.1, 0.15) is 18.8 Å². The van der Waals surface area contributed by atoms with Gasteiger partial charge in [0.15, 0.2) is 16.6 Å². The van der Waals surface area contributed by atoms with Crippen LogP contribution in [0.5, 0.6) is 11.5 Å². The van der Waals surface area contributed by atoms with E-state index in [1.807, 2.05) is 12.1 Å². The highest BCUT2D eigenvalue weighted by Crippen LogP contribution is 2.31. The van der Waals surface area contributed by atoms with Gasteiger partial charge < -0.3 is 13.9 Å². The number of hydrogen-bond acceptors (Lipinski definition) is 7. The van der Waals surface area contributed by atoms with E-state index in [2.05, 4.69) is 10.3 Å². The van der Waals surface area contributed by atoms with Gasteiger partial charge in [-0.15, -0.1) is 11.3 Å². The molecule has 29 heavy (non-hydrogen) atoms. The van der Waals surface area contributed by atoms with Crippen molar-refractivity contribution in [3.63, 3.8) is 0 Å². The number of rotatable bonds is 3. The number of hydrogen-bond donors (Lipinski definition) is 1. The molecule has 3 heterocycles. The fourth-order valence-corrected chi connectivity index (χ4v) is 3.75. The quantitative estimate of drug-likeness (QED) is 0.518. The molecule has 0 saturated carbocycles. The third-order valence-electron chi connectivity index (χ3n) is 4.45. The number of nitrogens with zero attached hydrogens (tertiary/aromatic N) is 1. The molecule has 2 aromatic heterocycles. The summed E-state index contributed by atoms with van der Waals surface area (Å²) >= 11 is 1.23. The molecule has 0 radical (unpaired) electrons. The molecule has 5 rings (SSSR count). The standard InChI is InChI=1S/C21H14N2O5S/c24-19(13-5-6-17-18(10-13)27-8-7-26-17)23-21-22-15(11-29-21)14-9-12-3-1-2-4-16(12)28-20(14)25/h1-6,9-11H,7-8H2,(H,22,23,24). The van der Waals surface area contributed by atoms with Crippen LogP contribution in [0.15, 0.2) is 63.1 Å². The highest BCUT2D eigenvalue weighted by Gasteiger charge is 2.17. The Balaban J connectivity index is 1.40. The molecule has 0 atom stereocenters. The summed E-state index contributed by atoms with van der Waals surface area (Å²) in [5.41, 5.74) is 1.27. The van der Waals surface area contributed by atoms with Crippen LogP contribution < -0.4 is 20.4 Å². The van der Waals surface area contributed by atoms with Crippen molar-refractivity contribution in [2.24, 2.45) is 0 Å². The van der Waals surface area contributed by atoms with Crippen LogP contribution in [-0.4, -0.2) is 24.1 Å². The van der Waals surface area contributed by atoms with Crippen molar-refractivity contribution >= 4 is 33.3 Å². The second kappa shape index (κ2) is 7.06. The lowest BCUT2D eigenvalue weighted by atomic mass is 10.1. The Morgan fingerprint density at radius 1 is 1.03 bits per heavy atom. The summed E-state index contributed by atoms with van der Waals surface area (Å²) in [6.45, 7) is 0.936. The molecule has 1 N–H and O–H groups in total. The summed E-state index contributed by atoms with van der Waals surface area (Å²) in [6, 6.07) is 14.0. The number of anilines is 1. The first-order valence-corrected chi connectivity index (χ1v) is 9.75. The molecule has 1 aliphatic heterocycles. The number of fused-ring (bicyclic) bond motifs is 2. The Kier molecular flexibility index (Phi) is 4.25. The van der Waals surface area contributed by atoms with Crippen LogP contribution in [0.4, 0.5) is 5.13 Å². The van der Waals surface area contributed by atoms with E-state index in [9.17, 15) is 9.59 Å². The lowest BCUT2D eigenvalue weighted by molar-refractivity contribution is 0.102. The third kappa shape index (κ3) is 3.34. The minimum absolute atomic E-state index is 0.326. The molecule has 4 aromatic rings. The van der Waals surface area contributed by atoms with Crippen molar-refractivity contribution in [2.75, 3.05) is 18.5 Å². The molecule has 0 fully saturated rings. The topological polar surface area (TPSA) is 90.7 Å². The molecular formula is C21H14N2O5S. The van der Waals surface area contributed by atoms with E-state index < -0.39 is 5.63 Å². The molecule has 0 unspecified atom stereocenters. The van der Waals surface area contributed by atoms with Crippen molar-refractivity contribution < 1.29 is 18.7 Å². The minimum atomic E-state index is -0.473. The summed E-state index contributed by atoms with van der Waals surface area (Å²) < 4.78 is 16.3. The third-order valence-corrected chi connectivity index (χ3v) is 5.20. The Hall–Kier alpha value is -3.65. The SMILES string of the molecule is O=C(Nc1nc(-c2cc3ccccc3oc2=O)cs1)c1ccc2c(c1)OCCO2. The maximum Gasteiger partial charge on any atom is 0.345 e. The Labute approximate surface area is 168 Å². The number of ether oxygens (including phenoxy) is 2. The maximum absolute atomic E-state index is 12.6. The lowest BCUT2D eigenvalue weighted by Crippen LogP contribution is -2.17. The van der Waals surface area contributed by atoms with Gasteiger partial charge in [-0.3, -0.25) is 10.1 Å². The number of thiazole rings is 1. The highest BCUT2D eigenvalue weighted by molar-refractivity contribution is 7.14. The molecule has 0 spiro atoms. The van der Waals surface area contributed by atoms with Gasteiger partial charge in [0, 0.05) is 16.3 Å². The van der Waals surface area contributed by atoms with Gasteiger partial charge in [0.2, 0.25) is 0 Å². The molecular weight excluding hydrogens is 392 g/mol. The average Bonchev–Trinajstić information content (AvgIpc) is 3.21. The fourth-order valence-electron chi connectivity index (χ4n) is 3.05. The van der Waals surface area contributed by atoms with E-state index in [-0.39, 0.29) is 5.91 Å². The smallest absolute Gasteiger partial charge is 0.345 e. The summed E-state index contributed by atoms with van der Waals surface area (Å²) in [5, 5.41) is 5.64. The van der Waals surface area contributed by atoms with Crippen LogP contribution >= 0.6 is 11.3 Å². The summed E-state index contributed by atoms with van der Waals surface area (Å²) in [5.74, 6) is 0.832. The highest BCUT2D eigenvalue weighted by atomic mass is 32.1. The zero-order valence-electron chi connectivity index (χ0n) is 15.0. The summed E-state index contributed by atoms with van der Waals surface area (Å²) in [6.07, 6.45) is 0. The van der Waals surface area contributed by atoms with E-state index >= 15 is 0 Å². The van der Waals surface area contributed by atoms with Gasteiger partial charge in [0.05, 0.1) is 11.3 Å². The van der Waals surface area contributed by atoms with Gasteiger partial charge in [-0.1, -0.05) is 18.2 Å². The number of amides is 1. The Morgan fingerprint density at radius 2 is 1.86 bits per heavy atom. The number of para-hydroxylation sites is 1. The number of benzene rings is 2. The predicted molar refractivity (Wildman–Crippen MR) is 109 cm³/mol. The minimum Gasteiger partial charge on any atom is -0.486 e.